The maximum atomic E-state index is 13.3. The van der Waals surface area contributed by atoms with Crippen LogP contribution in [-0.2, 0) is 6.42 Å². The number of benzene rings is 1. The quantitative estimate of drug-likeness (QED) is 0.723. The van der Waals surface area contributed by atoms with Crippen molar-refractivity contribution in [2.75, 3.05) is 7.11 Å². The average molecular weight is 193 g/mol. The normalized spacial score (nSPS) is 9.64. The van der Waals surface area contributed by atoms with Gasteiger partial charge < -0.3 is 4.74 Å². The summed E-state index contributed by atoms with van der Waals surface area (Å²) in [5.74, 6) is 0.216. The van der Waals surface area contributed by atoms with Crippen molar-refractivity contribution in [1.29, 1.82) is 5.26 Å². The zero-order valence-electron chi connectivity index (χ0n) is 8.52. The molecule has 0 N–H and O–H groups in total. The van der Waals surface area contributed by atoms with Crippen LogP contribution in [0.2, 0.25) is 0 Å². The van der Waals surface area contributed by atoms with Gasteiger partial charge in [-0.25, -0.2) is 4.39 Å². The fourth-order valence-electron chi connectivity index (χ4n) is 1.48. The SMILES string of the molecule is COc1c(C)c(F)cc(CC#N)c1C. The van der Waals surface area contributed by atoms with Crippen molar-refractivity contribution < 1.29 is 9.13 Å². The molecule has 14 heavy (non-hydrogen) atoms. The summed E-state index contributed by atoms with van der Waals surface area (Å²) >= 11 is 0. The van der Waals surface area contributed by atoms with Crippen LogP contribution in [0.3, 0.4) is 0 Å². The van der Waals surface area contributed by atoms with Crippen LogP contribution in [0.15, 0.2) is 6.07 Å². The lowest BCUT2D eigenvalue weighted by molar-refractivity contribution is 0.403. The minimum absolute atomic E-state index is 0.208. The summed E-state index contributed by atoms with van der Waals surface area (Å²) in [5, 5.41) is 8.55. The first-order valence-corrected chi connectivity index (χ1v) is 4.31. The van der Waals surface area contributed by atoms with Crippen LogP contribution in [0.4, 0.5) is 4.39 Å². The maximum Gasteiger partial charge on any atom is 0.130 e. The zero-order valence-corrected chi connectivity index (χ0v) is 8.52. The molecule has 0 saturated carbocycles. The molecule has 0 radical (unpaired) electrons. The molecule has 0 unspecified atom stereocenters. The van der Waals surface area contributed by atoms with Crippen LogP contribution >= 0.6 is 0 Å². The molecule has 1 aromatic carbocycles. The summed E-state index contributed by atoms with van der Waals surface area (Å²) in [6.45, 7) is 3.50. The van der Waals surface area contributed by atoms with E-state index in [0.717, 1.165) is 5.56 Å². The number of nitrogens with zero attached hydrogens (tertiary/aromatic N) is 1. The summed E-state index contributed by atoms with van der Waals surface area (Å²) in [6.07, 6.45) is 0.208. The third-order valence-corrected chi connectivity index (χ3v) is 2.30. The Morgan fingerprint density at radius 3 is 2.57 bits per heavy atom. The average Bonchev–Trinajstić information content (AvgIpc) is 2.16. The molecule has 0 aliphatic rings. The van der Waals surface area contributed by atoms with E-state index in [2.05, 4.69) is 0 Å². The zero-order chi connectivity index (χ0) is 10.7. The second-order valence-electron chi connectivity index (χ2n) is 3.14. The Labute approximate surface area is 82.9 Å². The van der Waals surface area contributed by atoms with Crippen molar-refractivity contribution in [2.24, 2.45) is 0 Å². The largest absolute Gasteiger partial charge is 0.496 e. The molecule has 0 saturated heterocycles. The van der Waals surface area contributed by atoms with E-state index in [4.69, 9.17) is 10.00 Å². The van der Waals surface area contributed by atoms with Gasteiger partial charge in [0.05, 0.1) is 19.6 Å². The molecule has 0 aliphatic heterocycles. The Kier molecular flexibility index (Phi) is 3.08. The molecule has 0 aromatic heterocycles. The fraction of sp³-hybridized carbons (Fsp3) is 0.364. The molecular weight excluding hydrogens is 181 g/mol. The highest BCUT2D eigenvalue weighted by atomic mass is 19.1. The van der Waals surface area contributed by atoms with Gasteiger partial charge in [0.2, 0.25) is 0 Å². The number of ether oxygens (including phenoxy) is 1. The molecule has 0 atom stereocenters. The second kappa shape index (κ2) is 4.10. The van der Waals surface area contributed by atoms with Gasteiger partial charge in [0.1, 0.15) is 11.6 Å². The van der Waals surface area contributed by atoms with Crippen LogP contribution in [0, 0.1) is 31.0 Å². The molecule has 0 spiro atoms. The summed E-state index contributed by atoms with van der Waals surface area (Å²) in [7, 11) is 1.50. The lowest BCUT2D eigenvalue weighted by atomic mass is 10.0. The number of methoxy groups -OCH3 is 1. The third-order valence-electron chi connectivity index (χ3n) is 2.30. The van der Waals surface area contributed by atoms with Gasteiger partial charge >= 0.3 is 0 Å². The van der Waals surface area contributed by atoms with E-state index >= 15 is 0 Å². The van der Waals surface area contributed by atoms with Gasteiger partial charge in [-0.15, -0.1) is 0 Å². The van der Waals surface area contributed by atoms with Gasteiger partial charge in [-0.2, -0.15) is 5.26 Å². The Morgan fingerprint density at radius 2 is 2.07 bits per heavy atom. The van der Waals surface area contributed by atoms with E-state index in [-0.39, 0.29) is 12.2 Å². The maximum absolute atomic E-state index is 13.3. The molecule has 0 aliphatic carbocycles. The predicted octanol–water partition coefficient (Wildman–Crippen LogP) is 2.52. The molecule has 0 heterocycles. The van der Waals surface area contributed by atoms with E-state index in [9.17, 15) is 4.39 Å². The number of hydrogen-bond donors (Lipinski definition) is 0. The van der Waals surface area contributed by atoms with Crippen molar-refractivity contribution in [3.8, 4) is 11.8 Å². The molecular formula is C11H12FNO. The molecule has 0 bridgehead atoms. The minimum atomic E-state index is -0.322. The van der Waals surface area contributed by atoms with Crippen molar-refractivity contribution in [3.63, 3.8) is 0 Å². The Morgan fingerprint density at radius 1 is 1.43 bits per heavy atom. The third kappa shape index (κ3) is 1.69. The molecule has 74 valence electrons. The first-order chi connectivity index (χ1) is 6.61. The highest BCUT2D eigenvalue weighted by Crippen LogP contribution is 2.28. The monoisotopic (exact) mass is 193 g/mol. The summed E-state index contributed by atoms with van der Waals surface area (Å²) in [6, 6.07) is 3.40. The van der Waals surface area contributed by atoms with Crippen LogP contribution in [0.25, 0.3) is 0 Å². The molecule has 1 aromatic rings. The van der Waals surface area contributed by atoms with E-state index in [1.165, 1.54) is 13.2 Å². The predicted molar refractivity (Wildman–Crippen MR) is 51.7 cm³/mol. The highest BCUT2D eigenvalue weighted by molar-refractivity contribution is 5.46. The molecule has 0 fully saturated rings. The Hall–Kier alpha value is -1.56. The lowest BCUT2D eigenvalue weighted by Gasteiger charge is -2.12. The van der Waals surface area contributed by atoms with Gasteiger partial charge in [-0.3, -0.25) is 0 Å². The topological polar surface area (TPSA) is 33.0 Å². The molecule has 1 rings (SSSR count). The van der Waals surface area contributed by atoms with Crippen LogP contribution in [0.5, 0.6) is 5.75 Å². The van der Waals surface area contributed by atoms with E-state index in [0.29, 0.717) is 16.9 Å². The number of hydrogen-bond acceptors (Lipinski definition) is 2. The van der Waals surface area contributed by atoms with Crippen molar-refractivity contribution in [3.05, 3.63) is 28.6 Å². The van der Waals surface area contributed by atoms with Crippen molar-refractivity contribution in [2.45, 2.75) is 20.3 Å². The first kappa shape index (κ1) is 10.5. The van der Waals surface area contributed by atoms with Crippen molar-refractivity contribution >= 4 is 0 Å². The van der Waals surface area contributed by atoms with Crippen LogP contribution in [-0.4, -0.2) is 7.11 Å². The Bertz CT molecular complexity index is 393. The van der Waals surface area contributed by atoms with Crippen LogP contribution in [0.1, 0.15) is 16.7 Å². The highest BCUT2D eigenvalue weighted by Gasteiger charge is 2.12. The molecule has 3 heteroatoms. The van der Waals surface area contributed by atoms with E-state index in [1.807, 2.05) is 13.0 Å². The molecule has 2 nitrogen and oxygen atoms in total. The van der Waals surface area contributed by atoms with E-state index < -0.39 is 0 Å². The minimum Gasteiger partial charge on any atom is -0.496 e. The van der Waals surface area contributed by atoms with E-state index in [1.54, 1.807) is 6.92 Å². The van der Waals surface area contributed by atoms with Crippen molar-refractivity contribution in [1.82, 2.24) is 0 Å². The molecule has 0 amide bonds. The number of rotatable bonds is 2. The first-order valence-electron chi connectivity index (χ1n) is 4.31. The second-order valence-corrected chi connectivity index (χ2v) is 3.14. The van der Waals surface area contributed by atoms with Gasteiger partial charge in [-0.1, -0.05) is 0 Å². The van der Waals surface area contributed by atoms with Gasteiger partial charge in [0, 0.05) is 5.56 Å². The number of nitriles is 1. The smallest absolute Gasteiger partial charge is 0.130 e. The summed E-state index contributed by atoms with van der Waals surface area (Å²) in [5.41, 5.74) is 2.02. The number of halogens is 1. The van der Waals surface area contributed by atoms with Crippen LogP contribution < -0.4 is 4.74 Å². The van der Waals surface area contributed by atoms with Gasteiger partial charge in [0.15, 0.2) is 0 Å². The fourth-order valence-corrected chi connectivity index (χ4v) is 1.48. The Balaban J connectivity index is 3.36. The standard InChI is InChI=1S/C11H12FNO/c1-7-9(4-5-13)6-10(12)8(2)11(7)14-3/h6H,4H2,1-3H3. The van der Waals surface area contributed by atoms with Gasteiger partial charge in [-0.05, 0) is 31.0 Å². The summed E-state index contributed by atoms with van der Waals surface area (Å²) < 4.78 is 18.4. The van der Waals surface area contributed by atoms with Gasteiger partial charge in [0.25, 0.3) is 0 Å². The lowest BCUT2D eigenvalue weighted by Crippen LogP contribution is -1.99. The summed E-state index contributed by atoms with van der Waals surface area (Å²) in [4.78, 5) is 0.